The summed E-state index contributed by atoms with van der Waals surface area (Å²) in [5, 5.41) is 6.86. The number of aromatic nitrogens is 2. The van der Waals surface area contributed by atoms with Gasteiger partial charge in [0.1, 0.15) is 11.5 Å². The van der Waals surface area contributed by atoms with E-state index in [0.717, 1.165) is 13.0 Å². The standard InChI is InChI=1S/C15H22N4O3S/c1-10(2)7-8-16-14-6-5-13(9-17-14)19-23(20,21)15-11(3)18-22-12(15)4/h5-6,9-10,19H,7-8H2,1-4H3,(H,16,17). The molecule has 23 heavy (non-hydrogen) atoms. The molecule has 2 aromatic rings. The number of nitrogens with one attached hydrogen (secondary N) is 2. The topological polar surface area (TPSA) is 97.1 Å². The molecule has 0 radical (unpaired) electrons. The molecule has 0 unspecified atom stereocenters. The molecule has 0 spiro atoms. The molecule has 0 atom stereocenters. The smallest absolute Gasteiger partial charge is 0.267 e. The van der Waals surface area contributed by atoms with E-state index in [0.29, 0.717) is 23.1 Å². The van der Waals surface area contributed by atoms with Gasteiger partial charge in [0, 0.05) is 6.54 Å². The highest BCUT2D eigenvalue weighted by Gasteiger charge is 2.24. The van der Waals surface area contributed by atoms with Crippen LogP contribution in [-0.2, 0) is 10.0 Å². The first-order chi connectivity index (χ1) is 10.8. The van der Waals surface area contributed by atoms with Crippen molar-refractivity contribution in [3.8, 4) is 0 Å². The molecule has 0 aromatic carbocycles. The predicted octanol–water partition coefficient (Wildman–Crippen LogP) is 2.95. The highest BCUT2D eigenvalue weighted by molar-refractivity contribution is 7.92. The van der Waals surface area contributed by atoms with Gasteiger partial charge in [0.25, 0.3) is 10.0 Å². The van der Waals surface area contributed by atoms with E-state index in [9.17, 15) is 8.42 Å². The van der Waals surface area contributed by atoms with Crippen molar-refractivity contribution in [2.75, 3.05) is 16.6 Å². The summed E-state index contributed by atoms with van der Waals surface area (Å²) in [7, 11) is -3.74. The Hall–Kier alpha value is -2.09. The van der Waals surface area contributed by atoms with Crippen molar-refractivity contribution in [3.63, 3.8) is 0 Å². The van der Waals surface area contributed by atoms with Gasteiger partial charge in [-0.15, -0.1) is 0 Å². The summed E-state index contributed by atoms with van der Waals surface area (Å²) in [6.07, 6.45) is 2.52. The average molecular weight is 338 g/mol. The van der Waals surface area contributed by atoms with Gasteiger partial charge in [0.05, 0.1) is 11.9 Å². The summed E-state index contributed by atoms with van der Waals surface area (Å²) in [4.78, 5) is 4.28. The van der Waals surface area contributed by atoms with Gasteiger partial charge in [0.2, 0.25) is 0 Å². The number of anilines is 2. The molecular formula is C15H22N4O3S. The molecule has 2 heterocycles. The summed E-state index contributed by atoms with van der Waals surface area (Å²) in [6.45, 7) is 8.29. The van der Waals surface area contributed by atoms with E-state index in [1.165, 1.54) is 6.20 Å². The van der Waals surface area contributed by atoms with Crippen LogP contribution in [0.1, 0.15) is 31.7 Å². The lowest BCUT2D eigenvalue weighted by molar-refractivity contribution is 0.390. The van der Waals surface area contributed by atoms with Crippen molar-refractivity contribution in [2.45, 2.75) is 39.0 Å². The van der Waals surface area contributed by atoms with Crippen LogP contribution in [0.5, 0.6) is 0 Å². The predicted molar refractivity (Wildman–Crippen MR) is 89.0 cm³/mol. The van der Waals surface area contributed by atoms with E-state index in [4.69, 9.17) is 4.52 Å². The monoisotopic (exact) mass is 338 g/mol. The number of nitrogens with zero attached hydrogens (tertiary/aromatic N) is 2. The van der Waals surface area contributed by atoms with Gasteiger partial charge in [0.15, 0.2) is 10.7 Å². The van der Waals surface area contributed by atoms with E-state index < -0.39 is 10.0 Å². The Labute approximate surface area is 136 Å². The van der Waals surface area contributed by atoms with Crippen LogP contribution in [0.4, 0.5) is 11.5 Å². The van der Waals surface area contributed by atoms with Crippen molar-refractivity contribution in [1.82, 2.24) is 10.1 Å². The fourth-order valence-electron chi connectivity index (χ4n) is 2.11. The van der Waals surface area contributed by atoms with Gasteiger partial charge >= 0.3 is 0 Å². The molecule has 0 saturated carbocycles. The van der Waals surface area contributed by atoms with Crippen LogP contribution in [0.15, 0.2) is 27.7 Å². The Bertz CT molecular complexity index is 732. The normalized spacial score (nSPS) is 11.7. The van der Waals surface area contributed by atoms with Gasteiger partial charge < -0.3 is 9.84 Å². The summed E-state index contributed by atoms with van der Waals surface area (Å²) in [6, 6.07) is 3.41. The lowest BCUT2D eigenvalue weighted by Gasteiger charge is -2.10. The quantitative estimate of drug-likeness (QED) is 0.805. The fourth-order valence-corrected chi connectivity index (χ4v) is 3.49. The third-order valence-electron chi connectivity index (χ3n) is 3.28. The molecule has 126 valence electrons. The summed E-state index contributed by atoms with van der Waals surface area (Å²) in [5.41, 5.74) is 0.717. The maximum atomic E-state index is 12.4. The van der Waals surface area contributed by atoms with E-state index in [1.54, 1.807) is 26.0 Å². The van der Waals surface area contributed by atoms with Gasteiger partial charge in [-0.1, -0.05) is 19.0 Å². The number of sulfonamides is 1. The maximum absolute atomic E-state index is 12.4. The van der Waals surface area contributed by atoms with Gasteiger partial charge in [-0.2, -0.15) is 0 Å². The average Bonchev–Trinajstić information content (AvgIpc) is 2.80. The minimum absolute atomic E-state index is 0.0663. The molecular weight excluding hydrogens is 316 g/mol. The van der Waals surface area contributed by atoms with Crippen LogP contribution in [0.3, 0.4) is 0 Å². The first-order valence-corrected chi connectivity index (χ1v) is 8.93. The van der Waals surface area contributed by atoms with Crippen molar-refractivity contribution in [1.29, 1.82) is 0 Å². The Morgan fingerprint density at radius 3 is 2.52 bits per heavy atom. The molecule has 0 aliphatic rings. The first-order valence-electron chi connectivity index (χ1n) is 7.45. The number of pyridine rings is 1. The highest BCUT2D eigenvalue weighted by atomic mass is 32.2. The van der Waals surface area contributed by atoms with E-state index in [1.807, 2.05) is 0 Å². The molecule has 2 aromatic heterocycles. The second-order valence-electron chi connectivity index (χ2n) is 5.80. The molecule has 0 bridgehead atoms. The minimum Gasteiger partial charge on any atom is -0.370 e. The molecule has 0 aliphatic heterocycles. The lowest BCUT2D eigenvalue weighted by atomic mass is 10.1. The van der Waals surface area contributed by atoms with Gasteiger partial charge in [-0.3, -0.25) is 4.72 Å². The number of hydrogen-bond acceptors (Lipinski definition) is 6. The van der Waals surface area contributed by atoms with Crippen molar-refractivity contribution in [3.05, 3.63) is 29.8 Å². The zero-order valence-corrected chi connectivity index (χ0v) is 14.6. The lowest BCUT2D eigenvalue weighted by Crippen LogP contribution is -2.15. The second-order valence-corrected chi connectivity index (χ2v) is 7.42. The number of rotatable bonds is 7. The number of hydrogen-bond donors (Lipinski definition) is 2. The zero-order chi connectivity index (χ0) is 17.0. The molecule has 7 nitrogen and oxygen atoms in total. The van der Waals surface area contributed by atoms with E-state index in [-0.39, 0.29) is 10.7 Å². The van der Waals surface area contributed by atoms with Crippen LogP contribution in [0.2, 0.25) is 0 Å². The van der Waals surface area contributed by atoms with Gasteiger partial charge in [-0.05, 0) is 38.3 Å². The first kappa shape index (κ1) is 17.3. The van der Waals surface area contributed by atoms with Crippen molar-refractivity contribution in [2.24, 2.45) is 5.92 Å². The Balaban J connectivity index is 2.06. The summed E-state index contributed by atoms with van der Waals surface area (Å²) in [5.74, 6) is 1.59. The molecule has 0 amide bonds. The molecule has 8 heteroatoms. The third kappa shape index (κ3) is 4.44. The van der Waals surface area contributed by atoms with Gasteiger partial charge in [-0.25, -0.2) is 13.4 Å². The van der Waals surface area contributed by atoms with Crippen LogP contribution in [-0.4, -0.2) is 25.1 Å². The molecule has 2 N–H and O–H groups in total. The third-order valence-corrected chi connectivity index (χ3v) is 4.90. The summed E-state index contributed by atoms with van der Waals surface area (Å²) >= 11 is 0. The maximum Gasteiger partial charge on any atom is 0.267 e. The number of aryl methyl sites for hydroxylation is 2. The molecule has 0 fully saturated rings. The van der Waals surface area contributed by atoms with E-state index >= 15 is 0 Å². The zero-order valence-electron chi connectivity index (χ0n) is 13.8. The molecule has 0 aliphatic carbocycles. The minimum atomic E-state index is -3.74. The Morgan fingerprint density at radius 2 is 2.00 bits per heavy atom. The van der Waals surface area contributed by atoms with Crippen LogP contribution >= 0.6 is 0 Å². The molecule has 0 saturated heterocycles. The van der Waals surface area contributed by atoms with E-state index in [2.05, 4.69) is 34.0 Å². The Kier molecular flexibility index (Phi) is 5.25. The Morgan fingerprint density at radius 1 is 1.26 bits per heavy atom. The largest absolute Gasteiger partial charge is 0.370 e. The SMILES string of the molecule is Cc1noc(C)c1S(=O)(=O)Nc1ccc(NCCC(C)C)nc1. The van der Waals surface area contributed by atoms with Crippen molar-refractivity contribution >= 4 is 21.5 Å². The highest BCUT2D eigenvalue weighted by Crippen LogP contribution is 2.22. The van der Waals surface area contributed by atoms with Crippen LogP contribution < -0.4 is 10.0 Å². The van der Waals surface area contributed by atoms with Crippen LogP contribution in [0.25, 0.3) is 0 Å². The van der Waals surface area contributed by atoms with Crippen LogP contribution in [0, 0.1) is 19.8 Å². The fraction of sp³-hybridized carbons (Fsp3) is 0.467. The second kappa shape index (κ2) is 6.99. The van der Waals surface area contributed by atoms with Crippen molar-refractivity contribution < 1.29 is 12.9 Å². The summed E-state index contributed by atoms with van der Waals surface area (Å²) < 4.78 is 32.2. The molecule has 2 rings (SSSR count).